The summed E-state index contributed by atoms with van der Waals surface area (Å²) in [6.07, 6.45) is 0. The number of nitrogens with one attached hydrogen (secondary N) is 2. The number of carbonyl (C=O) groups excluding carboxylic acids is 1. The van der Waals surface area contributed by atoms with Crippen molar-refractivity contribution in [1.29, 1.82) is 0 Å². The van der Waals surface area contributed by atoms with Crippen LogP contribution in [-0.4, -0.2) is 62.5 Å². The highest BCUT2D eigenvalue weighted by Gasteiger charge is 2.27. The van der Waals surface area contributed by atoms with Gasteiger partial charge in [0.25, 0.3) is 15.9 Å². The van der Waals surface area contributed by atoms with Crippen LogP contribution in [0.25, 0.3) is 28.0 Å². The number of aryl methyl sites for hydroxylation is 1. The Labute approximate surface area is 284 Å². The molecule has 11 nitrogen and oxygen atoms in total. The summed E-state index contributed by atoms with van der Waals surface area (Å²) in [5.74, 6) is -0.0498. The highest BCUT2D eigenvalue weighted by molar-refractivity contribution is 7.93. The summed E-state index contributed by atoms with van der Waals surface area (Å²) in [5, 5.41) is 8.33. The number of nitrogens with zero attached hydrogens (tertiary/aromatic N) is 4. The molecule has 0 atom stereocenters. The van der Waals surface area contributed by atoms with Crippen LogP contribution < -0.4 is 19.7 Å². The van der Waals surface area contributed by atoms with Crippen LogP contribution in [0.3, 0.4) is 0 Å². The summed E-state index contributed by atoms with van der Waals surface area (Å²) in [5.41, 5.74) is 4.86. The first-order valence-corrected chi connectivity index (χ1v) is 17.3. The lowest BCUT2D eigenvalue weighted by Crippen LogP contribution is -2.37. The van der Waals surface area contributed by atoms with Gasteiger partial charge in [-0.1, -0.05) is 60.7 Å². The third-order valence-corrected chi connectivity index (χ3v) is 9.73. The van der Waals surface area contributed by atoms with Crippen molar-refractivity contribution >= 4 is 44.0 Å². The Morgan fingerprint density at radius 3 is 2.31 bits per heavy atom. The van der Waals surface area contributed by atoms with Crippen LogP contribution in [0.5, 0.6) is 5.75 Å². The maximum Gasteiger partial charge on any atom is 0.264 e. The summed E-state index contributed by atoms with van der Waals surface area (Å²) in [6, 6.07) is 32.7. The fourth-order valence-corrected chi connectivity index (χ4v) is 7.30. The van der Waals surface area contributed by atoms with Gasteiger partial charge in [-0.2, -0.15) is 5.10 Å². The third kappa shape index (κ3) is 6.43. The Morgan fingerprint density at radius 2 is 1.57 bits per heavy atom. The topological polar surface area (TPSA) is 128 Å². The summed E-state index contributed by atoms with van der Waals surface area (Å²) >= 11 is 0. The van der Waals surface area contributed by atoms with E-state index in [4.69, 9.17) is 19.6 Å². The molecule has 0 spiro atoms. The number of aromatic nitrogens is 3. The molecule has 7 rings (SSSR count). The van der Waals surface area contributed by atoms with Gasteiger partial charge in [0.05, 0.1) is 59.7 Å². The largest absolute Gasteiger partial charge is 0.495 e. The molecule has 0 bridgehead atoms. The molecule has 2 aromatic heterocycles. The van der Waals surface area contributed by atoms with Crippen molar-refractivity contribution < 1.29 is 22.7 Å². The molecule has 49 heavy (non-hydrogen) atoms. The van der Waals surface area contributed by atoms with E-state index >= 15 is 0 Å². The van der Waals surface area contributed by atoms with Crippen molar-refractivity contribution in [2.75, 3.05) is 48.4 Å². The standard InChI is InChI=1S/C37H34N6O5S/c1-25-35-29(24-31(26-11-5-3-6-12-26)39-36(35)43(40-25)28-13-7-4-8-14-28)37(44)38-27-17-18-32(42-19-21-48-22-20-42)34(23-27)49(45,46)41-30-15-9-10-16-33(30)47-2/h3-18,23-24,41H,19-22H2,1-2H3,(H,38,44). The zero-order valence-electron chi connectivity index (χ0n) is 27.0. The van der Waals surface area contributed by atoms with Crippen molar-refractivity contribution in [3.63, 3.8) is 0 Å². The SMILES string of the molecule is COc1ccccc1NS(=O)(=O)c1cc(NC(=O)c2cc(-c3ccccc3)nc3c2c(C)nn3-c2ccccc2)ccc1N1CCOCC1. The zero-order valence-corrected chi connectivity index (χ0v) is 27.8. The molecular weight excluding hydrogens is 641 g/mol. The minimum Gasteiger partial charge on any atom is -0.495 e. The highest BCUT2D eigenvalue weighted by Crippen LogP contribution is 2.34. The van der Waals surface area contributed by atoms with Gasteiger partial charge in [-0.3, -0.25) is 9.52 Å². The summed E-state index contributed by atoms with van der Waals surface area (Å²) < 4.78 is 43.4. The van der Waals surface area contributed by atoms with E-state index in [1.807, 2.05) is 72.5 Å². The second-order valence-corrected chi connectivity index (χ2v) is 13.1. The molecule has 0 saturated carbocycles. The number of rotatable bonds is 9. The van der Waals surface area contributed by atoms with Gasteiger partial charge in [0.15, 0.2) is 5.65 Å². The first kappa shape index (κ1) is 31.9. The van der Waals surface area contributed by atoms with Crippen molar-refractivity contribution in [3.8, 4) is 22.7 Å². The normalized spacial score (nSPS) is 13.3. The number of para-hydroxylation sites is 3. The number of sulfonamides is 1. The second-order valence-electron chi connectivity index (χ2n) is 11.5. The molecule has 1 amide bonds. The first-order valence-electron chi connectivity index (χ1n) is 15.8. The lowest BCUT2D eigenvalue weighted by Gasteiger charge is -2.30. The van der Waals surface area contributed by atoms with Crippen LogP contribution in [0.1, 0.15) is 16.1 Å². The Balaban J connectivity index is 1.31. The van der Waals surface area contributed by atoms with Gasteiger partial charge in [-0.15, -0.1) is 0 Å². The van der Waals surface area contributed by atoms with E-state index in [1.165, 1.54) is 13.2 Å². The summed E-state index contributed by atoms with van der Waals surface area (Å²) in [7, 11) is -2.67. The highest BCUT2D eigenvalue weighted by atomic mass is 32.2. The minimum absolute atomic E-state index is 0.0102. The van der Waals surface area contributed by atoms with Gasteiger partial charge in [-0.25, -0.2) is 18.1 Å². The summed E-state index contributed by atoms with van der Waals surface area (Å²) in [4.78, 5) is 21.2. The Kier molecular flexibility index (Phi) is 8.72. The number of amides is 1. The fourth-order valence-electron chi connectivity index (χ4n) is 5.97. The zero-order chi connectivity index (χ0) is 34.0. The molecule has 0 aliphatic carbocycles. The molecule has 3 heterocycles. The molecule has 4 aromatic carbocycles. The molecule has 1 fully saturated rings. The Morgan fingerprint density at radius 1 is 0.878 bits per heavy atom. The van der Waals surface area contributed by atoms with E-state index in [1.54, 1.807) is 47.1 Å². The predicted molar refractivity (Wildman–Crippen MR) is 190 cm³/mol. The number of fused-ring (bicyclic) bond motifs is 1. The van der Waals surface area contributed by atoms with Gasteiger partial charge < -0.3 is 19.7 Å². The fraction of sp³-hybridized carbons (Fsp3) is 0.162. The Hall–Kier alpha value is -5.72. The number of hydrogen-bond acceptors (Lipinski definition) is 8. The van der Waals surface area contributed by atoms with E-state index in [-0.39, 0.29) is 4.90 Å². The average Bonchev–Trinajstić information content (AvgIpc) is 3.48. The Bertz CT molecular complexity index is 2250. The smallest absolute Gasteiger partial charge is 0.264 e. The van der Waals surface area contributed by atoms with Gasteiger partial charge in [0.2, 0.25) is 0 Å². The first-order chi connectivity index (χ1) is 23.8. The second kappa shape index (κ2) is 13.4. The van der Waals surface area contributed by atoms with Crippen LogP contribution in [0.4, 0.5) is 17.1 Å². The maximum absolute atomic E-state index is 14.2. The van der Waals surface area contributed by atoms with Gasteiger partial charge in [0.1, 0.15) is 10.6 Å². The van der Waals surface area contributed by atoms with Crippen LogP contribution in [0, 0.1) is 6.92 Å². The van der Waals surface area contributed by atoms with E-state index < -0.39 is 15.9 Å². The molecule has 248 valence electrons. The number of benzene rings is 4. The van der Waals surface area contributed by atoms with Crippen LogP contribution in [-0.2, 0) is 14.8 Å². The molecular formula is C37H34N6O5S. The molecule has 0 unspecified atom stereocenters. The van der Waals surface area contributed by atoms with Gasteiger partial charge >= 0.3 is 0 Å². The maximum atomic E-state index is 14.2. The van der Waals surface area contributed by atoms with Crippen LogP contribution in [0.2, 0.25) is 0 Å². The number of methoxy groups -OCH3 is 1. The number of carbonyl (C=O) groups is 1. The monoisotopic (exact) mass is 674 g/mol. The molecule has 1 saturated heterocycles. The third-order valence-electron chi connectivity index (χ3n) is 8.34. The number of anilines is 3. The van der Waals surface area contributed by atoms with E-state index in [2.05, 4.69) is 10.0 Å². The van der Waals surface area contributed by atoms with E-state index in [0.29, 0.717) is 77.1 Å². The number of ether oxygens (including phenoxy) is 2. The van der Waals surface area contributed by atoms with Crippen molar-refractivity contribution in [2.24, 2.45) is 0 Å². The van der Waals surface area contributed by atoms with Gasteiger partial charge in [0, 0.05) is 24.3 Å². The van der Waals surface area contributed by atoms with E-state index in [0.717, 1.165) is 11.3 Å². The lowest BCUT2D eigenvalue weighted by atomic mass is 10.0. The molecule has 12 heteroatoms. The molecule has 6 aromatic rings. The lowest BCUT2D eigenvalue weighted by molar-refractivity contribution is 0.102. The molecule has 0 radical (unpaired) electrons. The predicted octanol–water partition coefficient (Wildman–Crippen LogP) is 6.29. The number of morpholine rings is 1. The average molecular weight is 675 g/mol. The summed E-state index contributed by atoms with van der Waals surface area (Å²) in [6.45, 7) is 3.81. The van der Waals surface area contributed by atoms with Crippen LogP contribution in [0.15, 0.2) is 114 Å². The van der Waals surface area contributed by atoms with Crippen molar-refractivity contribution in [3.05, 3.63) is 120 Å². The minimum atomic E-state index is -4.15. The van der Waals surface area contributed by atoms with Crippen LogP contribution >= 0.6 is 0 Å². The van der Waals surface area contributed by atoms with Crippen molar-refractivity contribution in [1.82, 2.24) is 14.8 Å². The van der Waals surface area contributed by atoms with E-state index in [9.17, 15) is 13.2 Å². The molecule has 2 N–H and O–H groups in total. The number of hydrogen-bond donors (Lipinski definition) is 2. The van der Waals surface area contributed by atoms with Crippen molar-refractivity contribution in [2.45, 2.75) is 11.8 Å². The molecule has 1 aliphatic heterocycles. The van der Waals surface area contributed by atoms with Gasteiger partial charge in [-0.05, 0) is 55.5 Å². The quantitative estimate of drug-likeness (QED) is 0.183. The molecule has 1 aliphatic rings. The number of pyridine rings is 1.